The fraction of sp³-hybridized carbons (Fsp3) is 0.444. The third-order valence-electron chi connectivity index (χ3n) is 2.09. The van der Waals surface area contributed by atoms with Crippen LogP contribution in [0.4, 0.5) is 0 Å². The van der Waals surface area contributed by atoms with Crippen LogP contribution in [0.1, 0.15) is 5.69 Å². The van der Waals surface area contributed by atoms with Crippen LogP contribution in [0.3, 0.4) is 0 Å². The van der Waals surface area contributed by atoms with Crippen molar-refractivity contribution in [3.63, 3.8) is 0 Å². The lowest BCUT2D eigenvalue weighted by molar-refractivity contribution is -0.143. The number of aliphatic carboxylic acids is 1. The van der Waals surface area contributed by atoms with Crippen molar-refractivity contribution in [3.05, 3.63) is 20.7 Å². The molecule has 0 saturated heterocycles. The summed E-state index contributed by atoms with van der Waals surface area (Å²) in [6, 6.07) is -1.35. The first-order chi connectivity index (χ1) is 7.95. The summed E-state index contributed by atoms with van der Waals surface area (Å²) in [7, 11) is 0. The minimum atomic E-state index is -1.35. The maximum Gasteiger partial charge on any atom is 0.328 e. The Kier molecular flexibility index (Phi) is 4.41. The van der Waals surface area contributed by atoms with Crippen LogP contribution >= 0.6 is 11.3 Å². The number of nitrogens with one attached hydrogen (secondary N) is 1. The number of aryl methyl sites for hydroxylation is 1. The van der Waals surface area contributed by atoms with E-state index < -0.39 is 24.5 Å². The lowest BCUT2D eigenvalue weighted by atomic mass is 10.3. The van der Waals surface area contributed by atoms with Crippen molar-refractivity contribution in [1.29, 1.82) is 0 Å². The molecule has 8 heteroatoms. The molecule has 3 N–H and O–H groups in total. The molecule has 7 nitrogen and oxygen atoms in total. The van der Waals surface area contributed by atoms with Crippen molar-refractivity contribution in [2.75, 3.05) is 6.61 Å². The molecule has 1 aromatic rings. The minimum absolute atomic E-state index is 0.252. The van der Waals surface area contributed by atoms with Crippen LogP contribution < -0.4 is 10.2 Å². The second kappa shape index (κ2) is 5.60. The van der Waals surface area contributed by atoms with Gasteiger partial charge in [-0.3, -0.25) is 14.2 Å². The second-order valence-corrected chi connectivity index (χ2v) is 4.19. The normalized spacial score (nSPS) is 12.1. The number of carboxylic acids is 1. The highest BCUT2D eigenvalue weighted by atomic mass is 32.1. The lowest BCUT2D eigenvalue weighted by Gasteiger charge is -2.12. The summed E-state index contributed by atoms with van der Waals surface area (Å²) in [5.41, 5.74) is 0.631. The van der Waals surface area contributed by atoms with E-state index in [-0.39, 0.29) is 11.4 Å². The molecule has 0 fully saturated rings. The third-order valence-corrected chi connectivity index (χ3v) is 2.98. The highest BCUT2D eigenvalue weighted by Crippen LogP contribution is 1.99. The van der Waals surface area contributed by atoms with E-state index in [1.807, 2.05) is 0 Å². The maximum absolute atomic E-state index is 11.4. The number of amides is 1. The van der Waals surface area contributed by atoms with Gasteiger partial charge in [-0.25, -0.2) is 4.79 Å². The van der Waals surface area contributed by atoms with Gasteiger partial charge in [0.05, 0.1) is 6.61 Å². The first-order valence-electron chi connectivity index (χ1n) is 4.73. The predicted octanol–water partition coefficient (Wildman–Crippen LogP) is -1.22. The van der Waals surface area contributed by atoms with Gasteiger partial charge in [0, 0.05) is 11.1 Å². The van der Waals surface area contributed by atoms with Gasteiger partial charge >= 0.3 is 10.8 Å². The standard InChI is InChI=1S/C9H12N2O5S/c1-5-4-17-9(16)11(5)2-7(13)10-6(3-12)8(14)15/h4,6,12H,2-3H2,1H3,(H,10,13)(H,14,15)/t6-/m0/s1. The smallest absolute Gasteiger partial charge is 0.328 e. The molecule has 1 heterocycles. The van der Waals surface area contributed by atoms with Crippen molar-refractivity contribution >= 4 is 23.2 Å². The summed E-state index contributed by atoms with van der Waals surface area (Å²) in [4.78, 5) is 33.0. The van der Waals surface area contributed by atoms with Gasteiger partial charge in [-0.1, -0.05) is 11.3 Å². The van der Waals surface area contributed by atoms with E-state index in [0.717, 1.165) is 11.3 Å². The van der Waals surface area contributed by atoms with E-state index in [2.05, 4.69) is 5.32 Å². The number of aliphatic hydroxyl groups is 1. The average molecular weight is 260 g/mol. The number of hydrogen-bond acceptors (Lipinski definition) is 5. The summed E-state index contributed by atoms with van der Waals surface area (Å²) in [6.07, 6.45) is 0. The van der Waals surface area contributed by atoms with Gasteiger partial charge in [-0.15, -0.1) is 0 Å². The van der Waals surface area contributed by atoms with Crippen molar-refractivity contribution in [3.8, 4) is 0 Å². The van der Waals surface area contributed by atoms with E-state index >= 15 is 0 Å². The Morgan fingerprint density at radius 1 is 1.59 bits per heavy atom. The van der Waals surface area contributed by atoms with Crippen LogP contribution in [0, 0.1) is 6.92 Å². The van der Waals surface area contributed by atoms with Crippen LogP contribution in [-0.2, 0) is 16.1 Å². The molecular weight excluding hydrogens is 248 g/mol. The molecule has 1 atom stereocenters. The Morgan fingerprint density at radius 3 is 2.65 bits per heavy atom. The van der Waals surface area contributed by atoms with Crippen molar-refractivity contribution in [2.24, 2.45) is 0 Å². The molecular formula is C9H12N2O5S. The molecule has 0 aliphatic heterocycles. The molecule has 17 heavy (non-hydrogen) atoms. The zero-order valence-electron chi connectivity index (χ0n) is 9.04. The van der Waals surface area contributed by atoms with Gasteiger partial charge in [0.25, 0.3) is 0 Å². The zero-order valence-corrected chi connectivity index (χ0v) is 9.86. The van der Waals surface area contributed by atoms with E-state index in [9.17, 15) is 14.4 Å². The largest absolute Gasteiger partial charge is 0.480 e. The topological polar surface area (TPSA) is 109 Å². The van der Waals surface area contributed by atoms with Crippen LogP contribution in [-0.4, -0.2) is 39.3 Å². The molecule has 0 unspecified atom stereocenters. The lowest BCUT2D eigenvalue weighted by Crippen LogP contribution is -2.45. The van der Waals surface area contributed by atoms with Gasteiger partial charge in [-0.05, 0) is 6.92 Å². The molecule has 1 aromatic heterocycles. The highest BCUT2D eigenvalue weighted by molar-refractivity contribution is 7.07. The van der Waals surface area contributed by atoms with Crippen LogP contribution in [0.2, 0.25) is 0 Å². The minimum Gasteiger partial charge on any atom is -0.480 e. The van der Waals surface area contributed by atoms with E-state index in [0.29, 0.717) is 5.69 Å². The van der Waals surface area contributed by atoms with E-state index in [1.165, 1.54) is 4.57 Å². The summed E-state index contributed by atoms with van der Waals surface area (Å²) in [5.74, 6) is -1.95. The number of hydrogen-bond donors (Lipinski definition) is 3. The Balaban J connectivity index is 2.68. The third kappa shape index (κ3) is 3.40. The Hall–Kier alpha value is -1.67. The quantitative estimate of drug-likeness (QED) is 0.615. The monoisotopic (exact) mass is 260 g/mol. The van der Waals surface area contributed by atoms with Gasteiger partial charge in [0.1, 0.15) is 12.6 Å². The molecule has 1 amide bonds. The number of nitrogens with zero attached hydrogens (tertiary/aromatic N) is 1. The second-order valence-electron chi connectivity index (χ2n) is 3.37. The number of carbonyl (C=O) groups excluding carboxylic acids is 1. The van der Waals surface area contributed by atoms with Crippen LogP contribution in [0.25, 0.3) is 0 Å². The Morgan fingerprint density at radius 2 is 2.24 bits per heavy atom. The highest BCUT2D eigenvalue weighted by Gasteiger charge is 2.19. The summed E-state index contributed by atoms with van der Waals surface area (Å²) in [5, 5.41) is 21.1. The van der Waals surface area contributed by atoms with E-state index in [4.69, 9.17) is 10.2 Å². The number of aliphatic hydroxyl groups excluding tert-OH is 1. The molecule has 0 aliphatic carbocycles. The molecule has 0 spiro atoms. The number of aromatic nitrogens is 1. The van der Waals surface area contributed by atoms with Gasteiger partial charge < -0.3 is 15.5 Å². The first-order valence-corrected chi connectivity index (χ1v) is 5.61. The number of carboxylic acid groups (broad SMARTS) is 1. The van der Waals surface area contributed by atoms with Crippen molar-refractivity contribution in [1.82, 2.24) is 9.88 Å². The summed E-state index contributed by atoms with van der Waals surface area (Å²) >= 11 is 0.966. The Labute approximate surface area is 100 Å². The SMILES string of the molecule is Cc1csc(=O)n1CC(=O)N[C@@H](CO)C(=O)O. The first kappa shape index (κ1) is 13.4. The van der Waals surface area contributed by atoms with Gasteiger partial charge in [0.15, 0.2) is 0 Å². The van der Waals surface area contributed by atoms with Crippen molar-refractivity contribution in [2.45, 2.75) is 19.5 Å². The molecule has 0 aliphatic rings. The number of thiazole rings is 1. The molecule has 0 radical (unpaired) electrons. The Bertz CT molecular complexity index is 478. The predicted molar refractivity (Wildman–Crippen MR) is 60.0 cm³/mol. The molecule has 0 saturated carbocycles. The van der Waals surface area contributed by atoms with Crippen LogP contribution in [0.15, 0.2) is 10.2 Å². The summed E-state index contributed by atoms with van der Waals surface area (Å²) < 4.78 is 1.23. The zero-order chi connectivity index (χ0) is 13.0. The number of carbonyl (C=O) groups is 2. The molecule has 0 bridgehead atoms. The maximum atomic E-state index is 11.4. The van der Waals surface area contributed by atoms with E-state index in [1.54, 1.807) is 12.3 Å². The van der Waals surface area contributed by atoms with Gasteiger partial charge in [0.2, 0.25) is 5.91 Å². The van der Waals surface area contributed by atoms with Crippen molar-refractivity contribution < 1.29 is 19.8 Å². The molecule has 94 valence electrons. The average Bonchev–Trinajstić information content (AvgIpc) is 2.57. The number of rotatable bonds is 5. The molecule has 1 rings (SSSR count). The molecule has 0 aromatic carbocycles. The van der Waals surface area contributed by atoms with Crippen LogP contribution in [0.5, 0.6) is 0 Å². The van der Waals surface area contributed by atoms with Gasteiger partial charge in [-0.2, -0.15) is 0 Å². The summed E-state index contributed by atoms with van der Waals surface area (Å²) in [6.45, 7) is 0.725. The fourth-order valence-corrected chi connectivity index (χ4v) is 1.90. The fourth-order valence-electron chi connectivity index (χ4n) is 1.17.